The third-order valence-corrected chi connectivity index (χ3v) is 2.40. The third kappa shape index (κ3) is 1.50. The van der Waals surface area contributed by atoms with Crippen molar-refractivity contribution >= 4 is 16.7 Å². The number of anilines is 1. The van der Waals surface area contributed by atoms with Crippen molar-refractivity contribution in [3.8, 4) is 0 Å². The monoisotopic (exact) mass is 229 g/mol. The average Bonchev–Trinajstić information content (AvgIpc) is 2.54. The van der Waals surface area contributed by atoms with E-state index in [9.17, 15) is 13.2 Å². The van der Waals surface area contributed by atoms with Crippen molar-refractivity contribution in [1.82, 2.24) is 9.78 Å². The number of nitrogens with zero attached hydrogens (tertiary/aromatic N) is 2. The second kappa shape index (κ2) is 3.40. The van der Waals surface area contributed by atoms with E-state index in [0.29, 0.717) is 11.9 Å². The summed E-state index contributed by atoms with van der Waals surface area (Å²) in [5.74, 6) is 0.128. The Morgan fingerprint density at radius 3 is 2.62 bits per heavy atom. The molecule has 0 aliphatic heterocycles. The van der Waals surface area contributed by atoms with Gasteiger partial charge in [-0.1, -0.05) is 6.07 Å². The lowest BCUT2D eigenvalue weighted by molar-refractivity contribution is -0.136. The van der Waals surface area contributed by atoms with Crippen LogP contribution in [0, 0.1) is 0 Å². The summed E-state index contributed by atoms with van der Waals surface area (Å²) >= 11 is 0. The Hall–Kier alpha value is -1.72. The van der Waals surface area contributed by atoms with Crippen LogP contribution in [0.2, 0.25) is 0 Å². The second-order valence-electron chi connectivity index (χ2n) is 3.40. The standard InChI is InChI=1S/C10H10F3N3/c1-2-16-8-6(9(14)15-16)4-3-5-7(8)10(11,12)13/h3-5H,2H2,1H3,(H2,14,15). The Labute approximate surface area is 89.7 Å². The first-order valence-corrected chi connectivity index (χ1v) is 4.77. The topological polar surface area (TPSA) is 43.8 Å². The van der Waals surface area contributed by atoms with Crippen LogP contribution in [0.15, 0.2) is 18.2 Å². The Balaban J connectivity index is 2.85. The van der Waals surface area contributed by atoms with E-state index >= 15 is 0 Å². The van der Waals surface area contributed by atoms with Crippen molar-refractivity contribution < 1.29 is 13.2 Å². The van der Waals surface area contributed by atoms with Gasteiger partial charge in [0.1, 0.15) is 0 Å². The molecule has 0 amide bonds. The molecule has 0 unspecified atom stereocenters. The van der Waals surface area contributed by atoms with Crippen LogP contribution >= 0.6 is 0 Å². The molecule has 1 aromatic heterocycles. The maximum Gasteiger partial charge on any atom is 0.418 e. The van der Waals surface area contributed by atoms with E-state index in [0.717, 1.165) is 6.07 Å². The quantitative estimate of drug-likeness (QED) is 0.816. The van der Waals surface area contributed by atoms with Gasteiger partial charge in [0, 0.05) is 11.9 Å². The van der Waals surface area contributed by atoms with Crippen LogP contribution in [0.4, 0.5) is 19.0 Å². The molecule has 0 fully saturated rings. The number of halogens is 3. The van der Waals surface area contributed by atoms with Crippen LogP contribution in [0.5, 0.6) is 0 Å². The fourth-order valence-electron chi connectivity index (χ4n) is 1.72. The molecule has 1 aromatic carbocycles. The van der Waals surface area contributed by atoms with Crippen molar-refractivity contribution in [1.29, 1.82) is 0 Å². The molecule has 0 aliphatic rings. The predicted octanol–water partition coefficient (Wildman–Crippen LogP) is 2.66. The minimum absolute atomic E-state index is 0.0509. The lowest BCUT2D eigenvalue weighted by atomic mass is 10.1. The first-order valence-electron chi connectivity index (χ1n) is 4.77. The van der Waals surface area contributed by atoms with Gasteiger partial charge in [-0.25, -0.2) is 0 Å². The number of hydrogen-bond donors (Lipinski definition) is 1. The van der Waals surface area contributed by atoms with E-state index in [4.69, 9.17) is 5.73 Å². The molecule has 0 atom stereocenters. The van der Waals surface area contributed by atoms with Crippen LogP contribution in [0.1, 0.15) is 12.5 Å². The fourth-order valence-corrected chi connectivity index (χ4v) is 1.72. The largest absolute Gasteiger partial charge is 0.418 e. The van der Waals surface area contributed by atoms with Crippen molar-refractivity contribution in [2.75, 3.05) is 5.73 Å². The summed E-state index contributed by atoms with van der Waals surface area (Å²) in [6.45, 7) is 2.07. The highest BCUT2D eigenvalue weighted by Gasteiger charge is 2.34. The number of nitrogens with two attached hydrogens (primary N) is 1. The molecule has 86 valence electrons. The molecule has 16 heavy (non-hydrogen) atoms. The molecule has 0 spiro atoms. The number of alkyl halides is 3. The number of benzene rings is 1. The predicted molar refractivity (Wildman–Crippen MR) is 54.8 cm³/mol. The number of rotatable bonds is 1. The first kappa shape index (κ1) is 10.8. The number of hydrogen-bond acceptors (Lipinski definition) is 2. The van der Waals surface area contributed by atoms with E-state index in [1.165, 1.54) is 10.7 Å². The normalized spacial score (nSPS) is 12.2. The molecule has 0 bridgehead atoms. The Bertz CT molecular complexity index is 528. The minimum Gasteiger partial charge on any atom is -0.382 e. The van der Waals surface area contributed by atoms with E-state index in [1.54, 1.807) is 13.0 Å². The molecular formula is C10H10F3N3. The molecule has 0 saturated heterocycles. The molecule has 0 saturated carbocycles. The Morgan fingerprint density at radius 2 is 2.06 bits per heavy atom. The Kier molecular flexibility index (Phi) is 2.29. The van der Waals surface area contributed by atoms with Gasteiger partial charge < -0.3 is 5.73 Å². The summed E-state index contributed by atoms with van der Waals surface area (Å²) in [4.78, 5) is 0. The van der Waals surface area contributed by atoms with Crippen LogP contribution in [0.3, 0.4) is 0 Å². The van der Waals surface area contributed by atoms with Gasteiger partial charge in [-0.2, -0.15) is 18.3 Å². The van der Waals surface area contributed by atoms with Crippen LogP contribution in [0.25, 0.3) is 10.9 Å². The molecule has 0 radical (unpaired) electrons. The van der Waals surface area contributed by atoms with Crippen molar-refractivity contribution in [2.45, 2.75) is 19.6 Å². The summed E-state index contributed by atoms with van der Waals surface area (Å²) in [7, 11) is 0. The molecule has 1 heterocycles. The highest BCUT2D eigenvalue weighted by molar-refractivity contribution is 5.91. The molecule has 2 aromatic rings. The SMILES string of the molecule is CCn1nc(N)c2cccc(C(F)(F)F)c21. The number of fused-ring (bicyclic) bond motifs is 1. The Morgan fingerprint density at radius 1 is 1.38 bits per heavy atom. The van der Waals surface area contributed by atoms with Gasteiger partial charge in [0.15, 0.2) is 5.82 Å². The van der Waals surface area contributed by atoms with E-state index in [2.05, 4.69) is 5.10 Å². The van der Waals surface area contributed by atoms with Crippen molar-refractivity contribution in [3.63, 3.8) is 0 Å². The smallest absolute Gasteiger partial charge is 0.382 e. The van der Waals surface area contributed by atoms with Crippen LogP contribution < -0.4 is 5.73 Å². The van der Waals surface area contributed by atoms with Gasteiger partial charge in [0.2, 0.25) is 0 Å². The highest BCUT2D eigenvalue weighted by Crippen LogP contribution is 2.36. The number of nitrogen functional groups attached to an aromatic ring is 1. The fraction of sp³-hybridized carbons (Fsp3) is 0.300. The second-order valence-corrected chi connectivity index (χ2v) is 3.40. The van der Waals surface area contributed by atoms with Gasteiger partial charge in [-0.05, 0) is 19.1 Å². The molecule has 2 N–H and O–H groups in total. The number of para-hydroxylation sites is 1. The minimum atomic E-state index is -4.39. The van der Waals surface area contributed by atoms with E-state index in [1.807, 2.05) is 0 Å². The molecular weight excluding hydrogens is 219 g/mol. The number of aryl methyl sites for hydroxylation is 1. The molecule has 3 nitrogen and oxygen atoms in total. The molecule has 2 rings (SSSR count). The third-order valence-electron chi connectivity index (χ3n) is 2.40. The summed E-state index contributed by atoms with van der Waals surface area (Å²) in [5, 5.41) is 4.22. The maximum atomic E-state index is 12.8. The zero-order valence-electron chi connectivity index (χ0n) is 8.54. The van der Waals surface area contributed by atoms with Crippen molar-refractivity contribution in [2.24, 2.45) is 0 Å². The highest BCUT2D eigenvalue weighted by atomic mass is 19.4. The van der Waals surface area contributed by atoms with Crippen LogP contribution in [-0.4, -0.2) is 9.78 Å². The summed E-state index contributed by atoms with van der Waals surface area (Å²) in [5.41, 5.74) is 4.92. The lowest BCUT2D eigenvalue weighted by Crippen LogP contribution is -2.08. The van der Waals surface area contributed by atoms with Gasteiger partial charge in [0.05, 0.1) is 11.1 Å². The maximum absolute atomic E-state index is 12.8. The zero-order chi connectivity index (χ0) is 11.9. The van der Waals surface area contributed by atoms with Gasteiger partial charge in [0.25, 0.3) is 0 Å². The average molecular weight is 229 g/mol. The molecule has 6 heteroatoms. The van der Waals surface area contributed by atoms with Gasteiger partial charge in [-0.3, -0.25) is 4.68 Å². The molecule has 0 aliphatic carbocycles. The zero-order valence-corrected chi connectivity index (χ0v) is 8.54. The number of aromatic nitrogens is 2. The lowest BCUT2D eigenvalue weighted by Gasteiger charge is -2.09. The van der Waals surface area contributed by atoms with Crippen molar-refractivity contribution in [3.05, 3.63) is 23.8 Å². The van der Waals surface area contributed by atoms with E-state index in [-0.39, 0.29) is 11.3 Å². The van der Waals surface area contributed by atoms with E-state index < -0.39 is 11.7 Å². The van der Waals surface area contributed by atoms with Crippen LogP contribution in [-0.2, 0) is 12.7 Å². The summed E-state index contributed by atoms with van der Waals surface area (Å²) in [6.07, 6.45) is -4.39. The summed E-state index contributed by atoms with van der Waals surface area (Å²) < 4.78 is 39.6. The van der Waals surface area contributed by atoms with Gasteiger partial charge in [-0.15, -0.1) is 0 Å². The summed E-state index contributed by atoms with van der Waals surface area (Å²) in [6, 6.07) is 3.91. The first-order chi connectivity index (χ1) is 7.45. The van der Waals surface area contributed by atoms with Gasteiger partial charge >= 0.3 is 6.18 Å².